The van der Waals surface area contributed by atoms with Gasteiger partial charge in [0.1, 0.15) is 5.69 Å². The maximum Gasteiger partial charge on any atom is 0.338 e. The molecule has 3 rings (SSSR count). The molecule has 0 fully saturated rings. The number of fused-ring (bicyclic) bond motifs is 1. The molecule has 3 aromatic rings. The molecule has 0 radical (unpaired) electrons. The van der Waals surface area contributed by atoms with Gasteiger partial charge in [0.25, 0.3) is 11.5 Å². The third kappa shape index (κ3) is 4.30. The lowest BCUT2D eigenvalue weighted by molar-refractivity contribution is -0.121. The van der Waals surface area contributed by atoms with E-state index in [1.54, 1.807) is 47.9 Å². The predicted molar refractivity (Wildman–Crippen MR) is 116 cm³/mol. The van der Waals surface area contributed by atoms with Gasteiger partial charge in [0, 0.05) is 18.8 Å². The van der Waals surface area contributed by atoms with Crippen molar-refractivity contribution in [1.29, 1.82) is 0 Å². The average Bonchev–Trinajstić information content (AvgIpc) is 2.76. The lowest BCUT2D eigenvalue weighted by Gasteiger charge is -2.21. The molecule has 0 bridgehead atoms. The first-order valence-corrected chi connectivity index (χ1v) is 9.61. The molecule has 0 spiro atoms. The molecule has 0 saturated carbocycles. The summed E-state index contributed by atoms with van der Waals surface area (Å²) in [4.78, 5) is 43.1. The molecule has 30 heavy (non-hydrogen) atoms. The van der Waals surface area contributed by atoms with Crippen molar-refractivity contribution in [2.45, 2.75) is 20.4 Å². The Labute approximate surface area is 174 Å². The second kappa shape index (κ2) is 9.17. The highest BCUT2D eigenvalue weighted by Gasteiger charge is 2.18. The van der Waals surface area contributed by atoms with Gasteiger partial charge in [-0.3, -0.25) is 9.59 Å². The summed E-state index contributed by atoms with van der Waals surface area (Å²) in [5.41, 5.74) is 2.32. The number of rotatable bonds is 7. The fourth-order valence-corrected chi connectivity index (χ4v) is 3.19. The van der Waals surface area contributed by atoms with Gasteiger partial charge in [0.05, 0.1) is 16.6 Å². The summed E-state index contributed by atoms with van der Waals surface area (Å²) in [6, 6.07) is 13.9. The van der Waals surface area contributed by atoms with E-state index in [9.17, 15) is 14.4 Å². The number of carbonyl (C=O) groups excluding carboxylic acids is 2. The molecule has 0 unspecified atom stereocenters. The van der Waals surface area contributed by atoms with Crippen LogP contribution in [0.15, 0.2) is 66.0 Å². The molecule has 1 amide bonds. The monoisotopic (exact) mass is 405 g/mol. The maximum absolute atomic E-state index is 12.6. The van der Waals surface area contributed by atoms with Gasteiger partial charge in [0.15, 0.2) is 6.61 Å². The molecule has 2 aromatic carbocycles. The summed E-state index contributed by atoms with van der Waals surface area (Å²) in [5, 5.41) is 0. The van der Waals surface area contributed by atoms with E-state index >= 15 is 0 Å². The van der Waals surface area contributed by atoms with Crippen LogP contribution in [0, 0.1) is 6.92 Å². The van der Waals surface area contributed by atoms with Crippen molar-refractivity contribution in [1.82, 2.24) is 9.55 Å². The first kappa shape index (κ1) is 21.0. The van der Waals surface area contributed by atoms with Crippen molar-refractivity contribution in [3.8, 4) is 0 Å². The van der Waals surface area contributed by atoms with Crippen LogP contribution in [-0.2, 0) is 16.1 Å². The summed E-state index contributed by atoms with van der Waals surface area (Å²) >= 11 is 0. The van der Waals surface area contributed by atoms with E-state index in [4.69, 9.17) is 4.74 Å². The smallest absolute Gasteiger partial charge is 0.338 e. The van der Waals surface area contributed by atoms with Crippen molar-refractivity contribution < 1.29 is 14.3 Å². The molecule has 0 aliphatic rings. The Morgan fingerprint density at radius 3 is 2.60 bits per heavy atom. The number of ether oxygens (including phenoxy) is 1. The standard InChI is InChI=1S/C23H23N3O4/c1-4-13-26(18-9-7-6-8-10-18)21(27)15-30-23(29)17-11-12-20-19(14-17)24-16(3)22(28)25(20)5-2/h4,6-12,14H,1,5,13,15H2,2-3H3. The number of benzene rings is 2. The second-order valence-electron chi connectivity index (χ2n) is 6.65. The van der Waals surface area contributed by atoms with Crippen LogP contribution in [0.1, 0.15) is 23.0 Å². The Hall–Kier alpha value is -3.74. The number of aryl methyl sites for hydroxylation is 2. The van der Waals surface area contributed by atoms with Crippen LogP contribution in [0.5, 0.6) is 0 Å². The molecule has 1 aromatic heterocycles. The zero-order valence-corrected chi connectivity index (χ0v) is 17.0. The average molecular weight is 405 g/mol. The fourth-order valence-electron chi connectivity index (χ4n) is 3.19. The second-order valence-corrected chi connectivity index (χ2v) is 6.65. The number of para-hydroxylation sites is 1. The van der Waals surface area contributed by atoms with Crippen LogP contribution in [0.25, 0.3) is 11.0 Å². The Bertz CT molecular complexity index is 1150. The topological polar surface area (TPSA) is 81.5 Å². The third-order valence-electron chi connectivity index (χ3n) is 4.67. The molecule has 7 nitrogen and oxygen atoms in total. The summed E-state index contributed by atoms with van der Waals surface area (Å²) in [6.45, 7) is 7.57. The van der Waals surface area contributed by atoms with Crippen LogP contribution in [0.4, 0.5) is 5.69 Å². The Morgan fingerprint density at radius 1 is 1.20 bits per heavy atom. The normalized spacial score (nSPS) is 10.6. The van der Waals surface area contributed by atoms with Crippen LogP contribution in [0.3, 0.4) is 0 Å². The van der Waals surface area contributed by atoms with Crippen LogP contribution in [-0.4, -0.2) is 34.6 Å². The number of hydrogen-bond donors (Lipinski definition) is 0. The van der Waals surface area contributed by atoms with Crippen molar-refractivity contribution in [3.63, 3.8) is 0 Å². The summed E-state index contributed by atoms with van der Waals surface area (Å²) in [6.07, 6.45) is 1.61. The Kier molecular flexibility index (Phi) is 6.41. The van der Waals surface area contributed by atoms with Crippen LogP contribution < -0.4 is 10.5 Å². The van der Waals surface area contributed by atoms with Gasteiger partial charge in [0.2, 0.25) is 0 Å². The van der Waals surface area contributed by atoms with E-state index in [2.05, 4.69) is 11.6 Å². The highest BCUT2D eigenvalue weighted by Crippen LogP contribution is 2.16. The number of carbonyl (C=O) groups is 2. The van der Waals surface area contributed by atoms with E-state index in [1.165, 1.54) is 4.90 Å². The highest BCUT2D eigenvalue weighted by molar-refractivity contribution is 5.98. The Balaban J connectivity index is 1.78. The van der Waals surface area contributed by atoms with Crippen molar-refractivity contribution in [2.24, 2.45) is 0 Å². The minimum Gasteiger partial charge on any atom is -0.452 e. The molecule has 154 valence electrons. The molecule has 0 saturated heterocycles. The zero-order valence-electron chi connectivity index (χ0n) is 17.0. The lowest BCUT2D eigenvalue weighted by Crippen LogP contribution is -2.34. The minimum absolute atomic E-state index is 0.158. The van der Waals surface area contributed by atoms with Crippen molar-refractivity contribution >= 4 is 28.6 Å². The number of amides is 1. The fraction of sp³-hybridized carbons (Fsp3) is 0.217. The van der Waals surface area contributed by atoms with Crippen molar-refractivity contribution in [2.75, 3.05) is 18.1 Å². The van der Waals surface area contributed by atoms with E-state index in [1.807, 2.05) is 25.1 Å². The highest BCUT2D eigenvalue weighted by atomic mass is 16.5. The summed E-state index contributed by atoms with van der Waals surface area (Å²) < 4.78 is 6.84. The molecule has 7 heteroatoms. The van der Waals surface area contributed by atoms with Gasteiger partial charge in [-0.2, -0.15) is 0 Å². The number of anilines is 1. The number of hydrogen-bond acceptors (Lipinski definition) is 5. The Morgan fingerprint density at radius 2 is 1.93 bits per heavy atom. The van der Waals surface area contributed by atoms with E-state index in [0.717, 1.165) is 0 Å². The third-order valence-corrected chi connectivity index (χ3v) is 4.67. The zero-order chi connectivity index (χ0) is 21.7. The molecular formula is C23H23N3O4. The van der Waals surface area contributed by atoms with Crippen LogP contribution >= 0.6 is 0 Å². The molecule has 0 aliphatic carbocycles. The molecule has 0 atom stereocenters. The van der Waals surface area contributed by atoms with Gasteiger partial charge < -0.3 is 14.2 Å². The lowest BCUT2D eigenvalue weighted by atomic mass is 10.2. The summed E-state index contributed by atoms with van der Waals surface area (Å²) in [5.74, 6) is -0.991. The number of esters is 1. The molecule has 1 heterocycles. The van der Waals surface area contributed by atoms with Gasteiger partial charge in [-0.05, 0) is 44.2 Å². The first-order valence-electron chi connectivity index (χ1n) is 9.61. The molecule has 0 N–H and O–H groups in total. The van der Waals surface area contributed by atoms with Gasteiger partial charge in [-0.15, -0.1) is 6.58 Å². The SMILES string of the molecule is C=CCN(C(=O)COC(=O)c1ccc2c(c1)nc(C)c(=O)n2CC)c1ccccc1. The minimum atomic E-state index is -0.634. The predicted octanol–water partition coefficient (Wildman–Crippen LogP) is 3.10. The first-order chi connectivity index (χ1) is 14.5. The van der Waals surface area contributed by atoms with E-state index in [-0.39, 0.29) is 17.0 Å². The van der Waals surface area contributed by atoms with Gasteiger partial charge >= 0.3 is 5.97 Å². The van der Waals surface area contributed by atoms with E-state index in [0.29, 0.717) is 35.5 Å². The number of aromatic nitrogens is 2. The largest absolute Gasteiger partial charge is 0.452 e. The van der Waals surface area contributed by atoms with Crippen molar-refractivity contribution in [3.05, 3.63) is 82.8 Å². The number of nitrogens with zero attached hydrogens (tertiary/aromatic N) is 3. The van der Waals surface area contributed by atoms with Crippen LogP contribution in [0.2, 0.25) is 0 Å². The van der Waals surface area contributed by atoms with E-state index < -0.39 is 12.6 Å². The summed E-state index contributed by atoms with van der Waals surface area (Å²) in [7, 11) is 0. The van der Waals surface area contributed by atoms with Gasteiger partial charge in [-0.25, -0.2) is 9.78 Å². The quantitative estimate of drug-likeness (QED) is 0.446. The van der Waals surface area contributed by atoms with Gasteiger partial charge in [-0.1, -0.05) is 24.3 Å². The molecular weight excluding hydrogens is 382 g/mol. The molecule has 0 aliphatic heterocycles. The maximum atomic E-state index is 12.6.